The minimum Gasteiger partial charge on any atom is -0.354 e. The molecule has 3 heterocycles. The molecule has 0 aliphatic carbocycles. The van der Waals surface area contributed by atoms with Gasteiger partial charge in [-0.25, -0.2) is 8.42 Å². The van der Waals surface area contributed by atoms with Crippen LogP contribution < -0.4 is 0 Å². The Balaban J connectivity index is 1.57. The molecule has 3 aliphatic rings. The van der Waals surface area contributed by atoms with E-state index in [4.69, 9.17) is 18.9 Å². The first-order valence-corrected chi connectivity index (χ1v) is 12.7. The first-order valence-electron chi connectivity index (χ1n) is 11.1. The van der Waals surface area contributed by atoms with Gasteiger partial charge in [0, 0.05) is 12.7 Å². The van der Waals surface area contributed by atoms with Crippen molar-refractivity contribution in [1.82, 2.24) is 4.90 Å². The average Bonchev–Trinajstić information content (AvgIpc) is 3.38. The van der Waals surface area contributed by atoms with Gasteiger partial charge in [0.2, 0.25) is 0 Å². The van der Waals surface area contributed by atoms with Gasteiger partial charge in [-0.3, -0.25) is 4.90 Å². The summed E-state index contributed by atoms with van der Waals surface area (Å²) < 4.78 is 52.4. The zero-order chi connectivity index (χ0) is 22.1. The van der Waals surface area contributed by atoms with Gasteiger partial charge in [0.05, 0.1) is 17.5 Å². The molecule has 5 rings (SSSR count). The lowest BCUT2D eigenvalue weighted by Crippen LogP contribution is -2.68. The second kappa shape index (κ2) is 9.21. The van der Waals surface area contributed by atoms with E-state index in [1.54, 1.807) is 31.4 Å². The summed E-state index contributed by atoms with van der Waals surface area (Å²) in [6.45, 7) is 1.85. The van der Waals surface area contributed by atoms with Crippen molar-refractivity contribution in [3.05, 3.63) is 66.2 Å². The number of methoxy groups -OCH3 is 1. The largest absolute Gasteiger partial charge is 0.354 e. The Bertz CT molecular complexity index is 996. The zero-order valence-corrected chi connectivity index (χ0v) is 18.9. The summed E-state index contributed by atoms with van der Waals surface area (Å²) in [6, 6.07) is 17.7. The molecule has 7 nitrogen and oxygen atoms in total. The fourth-order valence-corrected chi connectivity index (χ4v) is 7.19. The minimum atomic E-state index is -3.75. The molecule has 2 aromatic rings. The molecule has 3 fully saturated rings. The monoisotopic (exact) mass is 459 g/mol. The molecule has 3 aliphatic heterocycles. The van der Waals surface area contributed by atoms with Crippen molar-refractivity contribution in [1.29, 1.82) is 0 Å². The molecule has 172 valence electrons. The van der Waals surface area contributed by atoms with Crippen LogP contribution in [0.2, 0.25) is 0 Å². The van der Waals surface area contributed by atoms with E-state index >= 15 is 0 Å². The standard InChI is InChI=1S/C24H29NO6S/c1-28-24-20(25-14-8-9-15-25)22(32(26,27)18-12-6-3-7-13-18)21-19(30-24)16-29-23(31-21)17-10-4-2-5-11-17/h2-7,10-13,19-24H,8-9,14-16H2,1H3/t19-,20-,21-,22-,23-,24+/m1/s1. The number of ether oxygens (including phenoxy) is 4. The number of rotatable bonds is 5. The summed E-state index contributed by atoms with van der Waals surface area (Å²) in [7, 11) is -2.18. The van der Waals surface area contributed by atoms with Crippen LogP contribution in [0.4, 0.5) is 0 Å². The molecule has 0 radical (unpaired) electrons. The van der Waals surface area contributed by atoms with E-state index in [-0.39, 0.29) is 11.5 Å². The first-order chi connectivity index (χ1) is 15.6. The highest BCUT2D eigenvalue weighted by atomic mass is 32.2. The van der Waals surface area contributed by atoms with E-state index in [0.29, 0.717) is 0 Å². The van der Waals surface area contributed by atoms with Crippen LogP contribution in [-0.4, -0.2) is 69.9 Å². The van der Waals surface area contributed by atoms with Gasteiger partial charge in [-0.15, -0.1) is 0 Å². The lowest BCUT2D eigenvalue weighted by atomic mass is 9.97. The highest BCUT2D eigenvalue weighted by Gasteiger charge is 2.57. The SMILES string of the molecule is CO[C@H]1O[C@@H]2CO[C@@H](c3ccccc3)O[C@H]2[C@H](S(=O)(=O)c2ccccc2)[C@H]1N1CCCC1. The van der Waals surface area contributed by atoms with Crippen LogP contribution in [0.1, 0.15) is 24.7 Å². The van der Waals surface area contributed by atoms with E-state index in [9.17, 15) is 8.42 Å². The molecule has 2 aromatic carbocycles. The average molecular weight is 460 g/mol. The smallest absolute Gasteiger partial charge is 0.185 e. The van der Waals surface area contributed by atoms with Gasteiger partial charge in [0.1, 0.15) is 17.5 Å². The lowest BCUT2D eigenvalue weighted by Gasteiger charge is -2.51. The zero-order valence-electron chi connectivity index (χ0n) is 18.1. The van der Waals surface area contributed by atoms with Crippen molar-refractivity contribution in [2.75, 3.05) is 26.8 Å². The van der Waals surface area contributed by atoms with Crippen LogP contribution in [0, 0.1) is 0 Å². The van der Waals surface area contributed by atoms with Crippen molar-refractivity contribution in [2.45, 2.75) is 53.8 Å². The van der Waals surface area contributed by atoms with Crippen LogP contribution in [-0.2, 0) is 28.8 Å². The van der Waals surface area contributed by atoms with Crippen LogP contribution in [0.3, 0.4) is 0 Å². The Morgan fingerprint density at radius 2 is 1.59 bits per heavy atom. The summed E-state index contributed by atoms with van der Waals surface area (Å²) in [5, 5.41) is -0.846. The van der Waals surface area contributed by atoms with Crippen LogP contribution in [0.5, 0.6) is 0 Å². The Morgan fingerprint density at radius 3 is 2.25 bits per heavy atom. The number of likely N-dealkylation sites (tertiary alicyclic amines) is 1. The molecule has 0 amide bonds. The Morgan fingerprint density at radius 1 is 0.938 bits per heavy atom. The quantitative estimate of drug-likeness (QED) is 0.681. The molecule has 0 saturated carbocycles. The fraction of sp³-hybridized carbons (Fsp3) is 0.500. The maximum atomic E-state index is 14.1. The van der Waals surface area contributed by atoms with Crippen molar-refractivity contribution in [2.24, 2.45) is 0 Å². The van der Waals surface area contributed by atoms with Crippen molar-refractivity contribution >= 4 is 9.84 Å². The highest BCUT2D eigenvalue weighted by Crippen LogP contribution is 2.41. The van der Waals surface area contributed by atoms with Gasteiger partial charge in [-0.2, -0.15) is 0 Å². The molecule has 3 saturated heterocycles. The van der Waals surface area contributed by atoms with Gasteiger partial charge in [0.25, 0.3) is 0 Å². The summed E-state index contributed by atoms with van der Waals surface area (Å²) in [5.74, 6) is 0. The predicted molar refractivity (Wildman–Crippen MR) is 118 cm³/mol. The van der Waals surface area contributed by atoms with Crippen LogP contribution in [0.15, 0.2) is 65.6 Å². The molecule has 0 N–H and O–H groups in total. The van der Waals surface area contributed by atoms with Gasteiger partial charge >= 0.3 is 0 Å². The lowest BCUT2D eigenvalue weighted by molar-refractivity contribution is -0.324. The second-order valence-electron chi connectivity index (χ2n) is 8.51. The topological polar surface area (TPSA) is 74.3 Å². The second-order valence-corrected chi connectivity index (χ2v) is 10.6. The molecule has 0 spiro atoms. The van der Waals surface area contributed by atoms with Crippen molar-refractivity contribution in [3.63, 3.8) is 0 Å². The molecule has 6 atom stereocenters. The third-order valence-electron chi connectivity index (χ3n) is 6.60. The fourth-order valence-electron chi connectivity index (χ4n) is 5.08. The van der Waals surface area contributed by atoms with Crippen LogP contribution >= 0.6 is 0 Å². The maximum absolute atomic E-state index is 14.1. The van der Waals surface area contributed by atoms with E-state index in [0.717, 1.165) is 31.5 Å². The molecule has 0 unspecified atom stereocenters. The molecule has 0 bridgehead atoms. The minimum absolute atomic E-state index is 0.234. The maximum Gasteiger partial charge on any atom is 0.185 e. The number of hydrogen-bond acceptors (Lipinski definition) is 7. The van der Waals surface area contributed by atoms with Crippen molar-refractivity contribution < 1.29 is 27.4 Å². The highest BCUT2D eigenvalue weighted by molar-refractivity contribution is 7.92. The van der Waals surface area contributed by atoms with E-state index < -0.39 is 45.9 Å². The van der Waals surface area contributed by atoms with Crippen molar-refractivity contribution in [3.8, 4) is 0 Å². The summed E-state index contributed by atoms with van der Waals surface area (Å²) >= 11 is 0. The van der Waals surface area contributed by atoms with E-state index in [1.807, 2.05) is 36.4 Å². The summed E-state index contributed by atoms with van der Waals surface area (Å²) in [6.07, 6.45) is -0.504. The number of fused-ring (bicyclic) bond motifs is 1. The molecule has 8 heteroatoms. The Labute approximate surface area is 189 Å². The van der Waals surface area contributed by atoms with Gasteiger partial charge in [-0.05, 0) is 38.1 Å². The summed E-state index contributed by atoms with van der Waals surface area (Å²) in [4.78, 5) is 2.47. The molecular formula is C24H29NO6S. The number of nitrogens with zero attached hydrogens (tertiary/aromatic N) is 1. The number of sulfone groups is 1. The third kappa shape index (κ3) is 4.00. The molecular weight excluding hydrogens is 430 g/mol. The Hall–Kier alpha value is -1.81. The van der Waals surface area contributed by atoms with Gasteiger partial charge < -0.3 is 18.9 Å². The van der Waals surface area contributed by atoms with Crippen LogP contribution in [0.25, 0.3) is 0 Å². The molecule has 0 aromatic heterocycles. The number of benzene rings is 2. The Kier molecular flexibility index (Phi) is 6.33. The van der Waals surface area contributed by atoms with Gasteiger partial charge in [-0.1, -0.05) is 48.5 Å². The third-order valence-corrected chi connectivity index (χ3v) is 8.80. The van der Waals surface area contributed by atoms with E-state index in [2.05, 4.69) is 4.90 Å². The normalized spacial score (nSPS) is 33.7. The number of hydrogen-bond donors (Lipinski definition) is 0. The first kappa shape index (κ1) is 22.0. The predicted octanol–water partition coefficient (Wildman–Crippen LogP) is 2.78. The van der Waals surface area contributed by atoms with Gasteiger partial charge in [0.15, 0.2) is 22.4 Å². The van der Waals surface area contributed by atoms with E-state index in [1.165, 1.54) is 0 Å². The molecule has 32 heavy (non-hydrogen) atoms. The summed E-state index contributed by atoms with van der Waals surface area (Å²) in [5.41, 5.74) is 0.855.